The molecule has 0 bridgehead atoms. The maximum Gasteiger partial charge on any atom is 0.216 e. The van der Waals surface area contributed by atoms with Crippen molar-refractivity contribution in [2.45, 2.75) is 31.9 Å². The van der Waals surface area contributed by atoms with E-state index in [1.54, 1.807) is 16.4 Å². The first-order chi connectivity index (χ1) is 11.5. The summed E-state index contributed by atoms with van der Waals surface area (Å²) in [5.74, 6) is -0.149. The number of rotatable bonds is 5. The Bertz CT molecular complexity index is 654. The van der Waals surface area contributed by atoms with Crippen molar-refractivity contribution >= 4 is 10.0 Å². The number of nitrogens with zero attached hydrogens (tertiary/aromatic N) is 2. The Morgan fingerprint density at radius 2 is 2.04 bits per heavy atom. The molecule has 0 radical (unpaired) electrons. The van der Waals surface area contributed by atoms with E-state index in [4.69, 9.17) is 4.74 Å². The molecule has 0 N–H and O–H groups in total. The highest BCUT2D eigenvalue weighted by atomic mass is 32.2. The number of ether oxygens (including phenoxy) is 1. The molecule has 0 saturated carbocycles. The Labute approximate surface area is 143 Å². The summed E-state index contributed by atoms with van der Waals surface area (Å²) in [4.78, 5) is 2.20. The molecule has 2 saturated heterocycles. The maximum absolute atomic E-state index is 13.4. The van der Waals surface area contributed by atoms with Crippen molar-refractivity contribution in [3.05, 3.63) is 35.6 Å². The van der Waals surface area contributed by atoms with E-state index in [9.17, 15) is 12.8 Å². The fraction of sp³-hybridized carbons (Fsp3) is 0.647. The topological polar surface area (TPSA) is 49.9 Å². The summed E-state index contributed by atoms with van der Waals surface area (Å²) >= 11 is 0. The smallest absolute Gasteiger partial charge is 0.216 e. The highest BCUT2D eigenvalue weighted by molar-refractivity contribution is 7.89. The molecule has 0 unspecified atom stereocenters. The highest BCUT2D eigenvalue weighted by Gasteiger charge is 2.32. The van der Waals surface area contributed by atoms with E-state index in [1.165, 1.54) is 6.07 Å². The van der Waals surface area contributed by atoms with Gasteiger partial charge in [0, 0.05) is 38.8 Å². The second-order valence-corrected chi connectivity index (χ2v) is 8.59. The SMILES string of the molecule is C[C@H](c1cccc(F)c1)N1CCN(S(=O)(=O)C[C@@H]2CCCO2)CC1. The van der Waals surface area contributed by atoms with Gasteiger partial charge in [-0.1, -0.05) is 12.1 Å². The molecule has 134 valence electrons. The molecule has 24 heavy (non-hydrogen) atoms. The van der Waals surface area contributed by atoms with Crippen molar-refractivity contribution < 1.29 is 17.5 Å². The van der Waals surface area contributed by atoms with Gasteiger partial charge in [-0.2, -0.15) is 4.31 Å². The average Bonchev–Trinajstić information content (AvgIpc) is 3.06. The summed E-state index contributed by atoms with van der Waals surface area (Å²) in [6.07, 6.45) is 1.62. The van der Waals surface area contributed by atoms with Gasteiger partial charge >= 0.3 is 0 Å². The third kappa shape index (κ3) is 4.14. The van der Waals surface area contributed by atoms with Crippen LogP contribution in [0.1, 0.15) is 31.4 Å². The summed E-state index contributed by atoms with van der Waals surface area (Å²) in [5.41, 5.74) is 0.922. The van der Waals surface area contributed by atoms with Crippen LogP contribution in [0.15, 0.2) is 24.3 Å². The zero-order chi connectivity index (χ0) is 17.2. The molecule has 2 atom stereocenters. The van der Waals surface area contributed by atoms with Crippen LogP contribution in [0.4, 0.5) is 4.39 Å². The second-order valence-electron chi connectivity index (χ2n) is 6.58. The highest BCUT2D eigenvalue weighted by Crippen LogP contribution is 2.24. The number of halogens is 1. The van der Waals surface area contributed by atoms with Gasteiger partial charge < -0.3 is 4.74 Å². The normalized spacial score (nSPS) is 25.0. The molecule has 0 aromatic heterocycles. The fourth-order valence-corrected chi connectivity index (χ4v) is 5.13. The minimum atomic E-state index is -3.27. The van der Waals surface area contributed by atoms with Crippen LogP contribution in [-0.4, -0.2) is 62.3 Å². The molecule has 5 nitrogen and oxygen atoms in total. The monoisotopic (exact) mass is 356 g/mol. The average molecular weight is 356 g/mol. The number of piperazine rings is 1. The van der Waals surface area contributed by atoms with E-state index in [-0.39, 0.29) is 23.7 Å². The number of benzene rings is 1. The molecule has 2 heterocycles. The van der Waals surface area contributed by atoms with Gasteiger partial charge in [0.1, 0.15) is 5.82 Å². The minimum absolute atomic E-state index is 0.0729. The van der Waals surface area contributed by atoms with Crippen LogP contribution in [0.25, 0.3) is 0 Å². The van der Waals surface area contributed by atoms with Crippen molar-refractivity contribution in [1.29, 1.82) is 0 Å². The van der Waals surface area contributed by atoms with Gasteiger partial charge in [-0.05, 0) is 37.5 Å². The summed E-state index contributed by atoms with van der Waals surface area (Å²) in [5, 5.41) is 0. The van der Waals surface area contributed by atoms with E-state index in [0.29, 0.717) is 32.8 Å². The predicted molar refractivity (Wildman–Crippen MR) is 90.7 cm³/mol. The Hall–Kier alpha value is -1.02. The number of hydrogen-bond acceptors (Lipinski definition) is 4. The standard InChI is InChI=1S/C17H25FN2O3S/c1-14(15-4-2-5-16(18)12-15)19-7-9-20(10-8-19)24(21,22)13-17-6-3-11-23-17/h2,4-5,12,14,17H,3,6-11,13H2,1H3/t14-,17+/m1/s1. The van der Waals surface area contributed by atoms with Crippen molar-refractivity contribution in [3.63, 3.8) is 0 Å². The van der Waals surface area contributed by atoms with Crippen molar-refractivity contribution in [2.75, 3.05) is 38.5 Å². The van der Waals surface area contributed by atoms with Gasteiger partial charge in [0.2, 0.25) is 10.0 Å². The lowest BCUT2D eigenvalue weighted by Gasteiger charge is -2.37. The largest absolute Gasteiger partial charge is 0.377 e. The minimum Gasteiger partial charge on any atom is -0.377 e. The molecule has 1 aromatic rings. The summed E-state index contributed by atoms with van der Waals surface area (Å²) in [6.45, 7) is 4.97. The Morgan fingerprint density at radius 3 is 2.67 bits per heavy atom. The van der Waals surface area contributed by atoms with Crippen molar-refractivity contribution in [3.8, 4) is 0 Å². The molecule has 0 aliphatic carbocycles. The molecule has 3 rings (SSSR count). The zero-order valence-corrected chi connectivity index (χ0v) is 14.8. The van der Waals surface area contributed by atoms with Gasteiger partial charge in [-0.25, -0.2) is 12.8 Å². The van der Waals surface area contributed by atoms with Crippen LogP contribution in [-0.2, 0) is 14.8 Å². The summed E-state index contributed by atoms with van der Waals surface area (Å²) < 4.78 is 45.4. The molecule has 7 heteroatoms. The first-order valence-electron chi connectivity index (χ1n) is 8.54. The number of sulfonamides is 1. The van der Waals surface area contributed by atoms with E-state index < -0.39 is 10.0 Å². The third-order valence-electron chi connectivity index (χ3n) is 4.97. The second kappa shape index (κ2) is 7.47. The van der Waals surface area contributed by atoms with E-state index in [0.717, 1.165) is 18.4 Å². The van der Waals surface area contributed by atoms with Crippen LogP contribution < -0.4 is 0 Å². The van der Waals surface area contributed by atoms with Crippen LogP contribution >= 0.6 is 0 Å². The van der Waals surface area contributed by atoms with Crippen LogP contribution in [0.5, 0.6) is 0 Å². The lowest BCUT2D eigenvalue weighted by Crippen LogP contribution is -2.50. The first-order valence-corrected chi connectivity index (χ1v) is 10.2. The van der Waals surface area contributed by atoms with Gasteiger partial charge in [0.05, 0.1) is 11.9 Å². The summed E-state index contributed by atoms with van der Waals surface area (Å²) in [6, 6.07) is 6.68. The van der Waals surface area contributed by atoms with E-state index in [1.807, 2.05) is 13.0 Å². The van der Waals surface area contributed by atoms with Crippen LogP contribution in [0.2, 0.25) is 0 Å². The molecular weight excluding hydrogens is 331 g/mol. The van der Waals surface area contributed by atoms with Crippen molar-refractivity contribution in [2.24, 2.45) is 0 Å². The van der Waals surface area contributed by atoms with Crippen molar-refractivity contribution in [1.82, 2.24) is 9.21 Å². The maximum atomic E-state index is 13.4. The first kappa shape index (κ1) is 17.8. The quantitative estimate of drug-likeness (QED) is 0.810. The fourth-order valence-electron chi connectivity index (χ4n) is 3.46. The lowest BCUT2D eigenvalue weighted by atomic mass is 10.1. The molecule has 0 spiro atoms. The molecule has 1 aromatic carbocycles. The zero-order valence-electron chi connectivity index (χ0n) is 14.0. The Balaban J connectivity index is 1.57. The lowest BCUT2D eigenvalue weighted by molar-refractivity contribution is 0.122. The summed E-state index contributed by atoms with van der Waals surface area (Å²) in [7, 11) is -3.27. The molecule has 2 fully saturated rings. The number of hydrogen-bond donors (Lipinski definition) is 0. The Kier molecular flexibility index (Phi) is 5.54. The van der Waals surface area contributed by atoms with Gasteiger partial charge in [-0.3, -0.25) is 4.90 Å². The Morgan fingerprint density at radius 1 is 1.29 bits per heavy atom. The molecule has 2 aliphatic heterocycles. The van der Waals surface area contributed by atoms with Gasteiger partial charge in [0.15, 0.2) is 0 Å². The van der Waals surface area contributed by atoms with Crippen LogP contribution in [0.3, 0.4) is 0 Å². The van der Waals surface area contributed by atoms with E-state index in [2.05, 4.69) is 4.90 Å². The third-order valence-corrected chi connectivity index (χ3v) is 6.91. The molecule has 0 amide bonds. The van der Waals surface area contributed by atoms with Gasteiger partial charge in [0.25, 0.3) is 0 Å². The predicted octanol–water partition coefficient (Wildman–Crippen LogP) is 2.01. The molecule has 2 aliphatic rings. The van der Waals surface area contributed by atoms with Gasteiger partial charge in [-0.15, -0.1) is 0 Å². The molecular formula is C17H25FN2O3S. The van der Waals surface area contributed by atoms with Crippen LogP contribution in [0, 0.1) is 5.82 Å². The van der Waals surface area contributed by atoms with E-state index >= 15 is 0 Å².